The van der Waals surface area contributed by atoms with E-state index in [0.29, 0.717) is 5.15 Å². The normalized spacial score (nSPS) is 17.3. The van der Waals surface area contributed by atoms with E-state index in [1.54, 1.807) is 7.11 Å². The molecule has 0 aliphatic carbocycles. The van der Waals surface area contributed by atoms with E-state index < -0.39 is 0 Å². The van der Waals surface area contributed by atoms with Crippen LogP contribution in [0.15, 0.2) is 24.3 Å². The zero-order chi connectivity index (χ0) is 14.8. The molecule has 4 heteroatoms. The van der Waals surface area contributed by atoms with Gasteiger partial charge in [-0.05, 0) is 50.0 Å². The van der Waals surface area contributed by atoms with Gasteiger partial charge in [0.05, 0.1) is 12.6 Å². The van der Waals surface area contributed by atoms with Crippen LogP contribution in [0.25, 0.3) is 10.9 Å². The second-order valence-electron chi connectivity index (χ2n) is 5.96. The van der Waals surface area contributed by atoms with Crippen LogP contribution in [0.2, 0.25) is 5.15 Å². The van der Waals surface area contributed by atoms with Gasteiger partial charge in [0.25, 0.3) is 0 Å². The molecule has 0 atom stereocenters. The maximum Gasteiger partial charge on any atom is 0.134 e. The van der Waals surface area contributed by atoms with E-state index in [1.807, 2.05) is 18.2 Å². The lowest BCUT2D eigenvalue weighted by Gasteiger charge is -2.30. The van der Waals surface area contributed by atoms with Gasteiger partial charge in [0.15, 0.2) is 0 Å². The average Bonchev–Trinajstić information content (AvgIpc) is 2.50. The number of pyridine rings is 1. The van der Waals surface area contributed by atoms with Gasteiger partial charge < -0.3 is 4.74 Å². The molecule has 0 radical (unpaired) electrons. The van der Waals surface area contributed by atoms with Crippen molar-refractivity contribution in [1.82, 2.24) is 9.88 Å². The molecule has 21 heavy (non-hydrogen) atoms. The van der Waals surface area contributed by atoms with Crippen LogP contribution in [-0.2, 0) is 6.54 Å². The van der Waals surface area contributed by atoms with Gasteiger partial charge >= 0.3 is 0 Å². The van der Waals surface area contributed by atoms with Gasteiger partial charge in [0, 0.05) is 23.6 Å². The minimum absolute atomic E-state index is 0.606. The summed E-state index contributed by atoms with van der Waals surface area (Å²) in [5.74, 6) is 1.66. The summed E-state index contributed by atoms with van der Waals surface area (Å²) in [4.78, 5) is 6.99. The van der Waals surface area contributed by atoms with Crippen molar-refractivity contribution >= 4 is 22.5 Å². The highest BCUT2D eigenvalue weighted by Gasteiger charge is 2.17. The molecule has 0 amide bonds. The van der Waals surface area contributed by atoms with E-state index in [-0.39, 0.29) is 0 Å². The van der Waals surface area contributed by atoms with Crippen molar-refractivity contribution in [3.8, 4) is 5.75 Å². The summed E-state index contributed by atoms with van der Waals surface area (Å²) in [6.45, 7) is 5.52. The highest BCUT2D eigenvalue weighted by molar-refractivity contribution is 6.30. The SMILES string of the molecule is COc1ccc2cc(CN3CCC(C)CC3)c(Cl)nc2c1. The molecule has 0 spiro atoms. The van der Waals surface area contributed by atoms with Crippen molar-refractivity contribution < 1.29 is 4.74 Å². The Morgan fingerprint density at radius 3 is 2.76 bits per heavy atom. The first-order chi connectivity index (χ1) is 10.2. The predicted octanol–water partition coefficient (Wildman–Crippen LogP) is 4.13. The highest BCUT2D eigenvalue weighted by atomic mass is 35.5. The molecule has 1 aliphatic heterocycles. The number of piperidine rings is 1. The fourth-order valence-electron chi connectivity index (χ4n) is 2.87. The Labute approximate surface area is 130 Å². The largest absolute Gasteiger partial charge is 0.497 e. The summed E-state index contributed by atoms with van der Waals surface area (Å²) in [5.41, 5.74) is 2.00. The van der Waals surface area contributed by atoms with E-state index in [0.717, 1.165) is 47.8 Å². The standard InChI is InChI=1S/C17H21ClN2O/c1-12-5-7-20(8-6-12)11-14-9-13-3-4-15(21-2)10-16(13)19-17(14)18/h3-4,9-10,12H,5-8,11H2,1-2H3. The Bertz CT molecular complexity index is 636. The van der Waals surface area contributed by atoms with Crippen molar-refractivity contribution in [3.05, 3.63) is 35.0 Å². The molecule has 2 aromatic rings. The van der Waals surface area contributed by atoms with Crippen molar-refractivity contribution in [2.24, 2.45) is 5.92 Å². The van der Waals surface area contributed by atoms with Crippen molar-refractivity contribution in [1.29, 1.82) is 0 Å². The van der Waals surface area contributed by atoms with E-state index in [4.69, 9.17) is 16.3 Å². The number of rotatable bonds is 3. The Morgan fingerprint density at radius 2 is 2.05 bits per heavy atom. The van der Waals surface area contributed by atoms with Crippen LogP contribution in [0.1, 0.15) is 25.3 Å². The highest BCUT2D eigenvalue weighted by Crippen LogP contribution is 2.26. The first-order valence-corrected chi connectivity index (χ1v) is 7.89. The molecule has 0 saturated carbocycles. The fraction of sp³-hybridized carbons (Fsp3) is 0.471. The summed E-state index contributed by atoms with van der Waals surface area (Å²) in [6.07, 6.45) is 2.55. The van der Waals surface area contributed by atoms with Crippen LogP contribution in [0, 0.1) is 5.92 Å². The summed E-state index contributed by atoms with van der Waals surface area (Å²) in [5, 5.41) is 1.72. The fourth-order valence-corrected chi connectivity index (χ4v) is 3.07. The van der Waals surface area contributed by atoms with E-state index in [2.05, 4.69) is 22.9 Å². The Hall–Kier alpha value is -1.32. The zero-order valence-corrected chi connectivity index (χ0v) is 13.4. The minimum Gasteiger partial charge on any atom is -0.497 e. The molecular formula is C17H21ClN2O. The molecule has 0 unspecified atom stereocenters. The molecule has 3 nitrogen and oxygen atoms in total. The van der Waals surface area contributed by atoms with Gasteiger partial charge in [0.2, 0.25) is 0 Å². The number of halogens is 1. The molecule has 1 saturated heterocycles. The maximum absolute atomic E-state index is 6.37. The molecule has 1 aromatic heterocycles. The Kier molecular flexibility index (Phi) is 4.32. The molecule has 1 aliphatic rings. The number of methoxy groups -OCH3 is 1. The lowest BCUT2D eigenvalue weighted by molar-refractivity contribution is 0.185. The van der Waals surface area contributed by atoms with E-state index >= 15 is 0 Å². The zero-order valence-electron chi connectivity index (χ0n) is 12.6. The third kappa shape index (κ3) is 3.30. The number of aromatic nitrogens is 1. The van der Waals surface area contributed by atoms with Gasteiger partial charge in [-0.15, -0.1) is 0 Å². The quantitative estimate of drug-likeness (QED) is 0.797. The molecule has 1 fully saturated rings. The summed E-state index contributed by atoms with van der Waals surface area (Å²) in [7, 11) is 1.66. The van der Waals surface area contributed by atoms with Crippen LogP contribution in [0.3, 0.4) is 0 Å². The predicted molar refractivity (Wildman–Crippen MR) is 87.0 cm³/mol. The summed E-state index contributed by atoms with van der Waals surface area (Å²) >= 11 is 6.37. The third-order valence-corrected chi connectivity index (χ3v) is 4.65. The molecule has 0 N–H and O–H groups in total. The van der Waals surface area contributed by atoms with Crippen molar-refractivity contribution in [3.63, 3.8) is 0 Å². The van der Waals surface area contributed by atoms with Gasteiger partial charge in [0.1, 0.15) is 10.9 Å². The van der Waals surface area contributed by atoms with E-state index in [9.17, 15) is 0 Å². The average molecular weight is 305 g/mol. The smallest absolute Gasteiger partial charge is 0.134 e. The van der Waals surface area contributed by atoms with Crippen LogP contribution in [0.5, 0.6) is 5.75 Å². The Balaban J connectivity index is 1.83. The number of fused-ring (bicyclic) bond motifs is 1. The molecule has 112 valence electrons. The lowest BCUT2D eigenvalue weighted by atomic mass is 9.99. The number of hydrogen-bond acceptors (Lipinski definition) is 3. The van der Waals surface area contributed by atoms with Gasteiger partial charge in [-0.2, -0.15) is 0 Å². The number of benzene rings is 1. The second kappa shape index (κ2) is 6.20. The molecule has 3 rings (SSSR count). The molecule has 0 bridgehead atoms. The summed E-state index contributed by atoms with van der Waals surface area (Å²) in [6, 6.07) is 8.08. The number of hydrogen-bond donors (Lipinski definition) is 0. The van der Waals surface area contributed by atoms with Crippen molar-refractivity contribution in [2.75, 3.05) is 20.2 Å². The second-order valence-corrected chi connectivity index (χ2v) is 6.31. The Morgan fingerprint density at radius 1 is 1.29 bits per heavy atom. The van der Waals surface area contributed by atoms with Gasteiger partial charge in [-0.1, -0.05) is 18.5 Å². The molecular weight excluding hydrogens is 284 g/mol. The number of ether oxygens (including phenoxy) is 1. The first kappa shape index (κ1) is 14.6. The monoisotopic (exact) mass is 304 g/mol. The number of likely N-dealkylation sites (tertiary alicyclic amines) is 1. The van der Waals surface area contributed by atoms with Gasteiger partial charge in [-0.3, -0.25) is 4.90 Å². The topological polar surface area (TPSA) is 25.4 Å². The first-order valence-electron chi connectivity index (χ1n) is 7.51. The molecule has 1 aromatic carbocycles. The maximum atomic E-state index is 6.37. The minimum atomic E-state index is 0.606. The van der Waals surface area contributed by atoms with Crippen LogP contribution >= 0.6 is 11.6 Å². The lowest BCUT2D eigenvalue weighted by Crippen LogP contribution is -2.32. The van der Waals surface area contributed by atoms with Crippen LogP contribution in [0.4, 0.5) is 0 Å². The van der Waals surface area contributed by atoms with Gasteiger partial charge in [-0.25, -0.2) is 4.98 Å². The van der Waals surface area contributed by atoms with Crippen molar-refractivity contribution in [2.45, 2.75) is 26.3 Å². The molecule has 2 heterocycles. The number of nitrogens with zero attached hydrogens (tertiary/aromatic N) is 2. The van der Waals surface area contributed by atoms with E-state index in [1.165, 1.54) is 12.8 Å². The third-order valence-electron chi connectivity index (χ3n) is 4.32. The van der Waals surface area contributed by atoms with Crippen LogP contribution in [-0.4, -0.2) is 30.1 Å². The van der Waals surface area contributed by atoms with Crippen LogP contribution < -0.4 is 4.74 Å². The summed E-state index contributed by atoms with van der Waals surface area (Å²) < 4.78 is 5.23.